The fourth-order valence-electron chi connectivity index (χ4n) is 4.35. The maximum atomic E-state index is 14.2. The second-order valence-corrected chi connectivity index (χ2v) is 7.31. The number of nitrogens with zero attached hydrogens (tertiary/aromatic N) is 1. The van der Waals surface area contributed by atoms with E-state index in [-0.39, 0.29) is 22.6 Å². The van der Waals surface area contributed by atoms with Crippen LogP contribution in [-0.2, 0) is 14.4 Å². The van der Waals surface area contributed by atoms with Crippen LogP contribution in [0.1, 0.15) is 19.3 Å². The summed E-state index contributed by atoms with van der Waals surface area (Å²) in [6, 6.07) is 2.03. The van der Waals surface area contributed by atoms with Crippen LogP contribution in [0.3, 0.4) is 0 Å². The minimum atomic E-state index is -0.976. The Hall–Kier alpha value is -1.63. The van der Waals surface area contributed by atoms with Crippen molar-refractivity contribution in [1.82, 2.24) is 0 Å². The summed E-state index contributed by atoms with van der Waals surface area (Å²) in [6.45, 7) is 0. The predicted octanol–water partition coefficient (Wildman–Crippen LogP) is 2.83. The molecule has 0 N–H and O–H groups in total. The number of carbonyl (C=O) groups is 3. The lowest BCUT2D eigenvalue weighted by Crippen LogP contribution is -2.46. The smallest absolute Gasteiger partial charge is 0.238 e. The van der Waals surface area contributed by atoms with Crippen LogP contribution in [-0.4, -0.2) is 17.6 Å². The molecule has 1 aromatic carbocycles. The summed E-state index contributed by atoms with van der Waals surface area (Å²) < 4.78 is 28.6. The van der Waals surface area contributed by atoms with E-state index in [2.05, 4.69) is 15.9 Å². The first-order valence-electron chi connectivity index (χ1n) is 7.45. The number of carbonyl (C=O) groups excluding carboxylic acids is 3. The number of amides is 2. The van der Waals surface area contributed by atoms with Crippen LogP contribution in [0.4, 0.5) is 14.5 Å². The van der Waals surface area contributed by atoms with Gasteiger partial charge in [0.2, 0.25) is 11.8 Å². The average molecular weight is 384 g/mol. The van der Waals surface area contributed by atoms with Crippen molar-refractivity contribution >= 4 is 39.2 Å². The number of hydrogen-bond acceptors (Lipinski definition) is 3. The molecule has 4 atom stereocenters. The quantitative estimate of drug-likeness (QED) is 0.700. The molecule has 2 bridgehead atoms. The van der Waals surface area contributed by atoms with Crippen LogP contribution >= 0.6 is 15.9 Å². The molecule has 7 heteroatoms. The Morgan fingerprint density at radius 3 is 2.22 bits per heavy atom. The number of rotatable bonds is 1. The zero-order chi connectivity index (χ0) is 16.5. The van der Waals surface area contributed by atoms with Crippen molar-refractivity contribution in [3.63, 3.8) is 0 Å². The zero-order valence-corrected chi connectivity index (χ0v) is 13.5. The molecule has 0 unspecified atom stereocenters. The molecule has 4 fully saturated rings. The second kappa shape index (κ2) is 4.93. The first-order chi connectivity index (χ1) is 10.9. The molecule has 3 saturated carbocycles. The summed E-state index contributed by atoms with van der Waals surface area (Å²) in [6.07, 6.45) is 1.56. The fourth-order valence-corrected chi connectivity index (χ4v) is 4.75. The monoisotopic (exact) mass is 383 g/mol. The summed E-state index contributed by atoms with van der Waals surface area (Å²) >= 11 is 2.97. The lowest BCUT2D eigenvalue weighted by molar-refractivity contribution is -0.143. The first-order valence-corrected chi connectivity index (χ1v) is 8.24. The third-order valence-electron chi connectivity index (χ3n) is 5.27. The number of anilines is 1. The Morgan fingerprint density at radius 1 is 1.00 bits per heavy atom. The topological polar surface area (TPSA) is 54.5 Å². The van der Waals surface area contributed by atoms with Crippen molar-refractivity contribution in [2.75, 3.05) is 4.90 Å². The van der Waals surface area contributed by atoms with Gasteiger partial charge < -0.3 is 0 Å². The molecule has 0 aromatic heterocycles. The number of hydrogen-bond donors (Lipinski definition) is 0. The third-order valence-corrected chi connectivity index (χ3v) is 5.73. The van der Waals surface area contributed by atoms with Gasteiger partial charge >= 0.3 is 0 Å². The van der Waals surface area contributed by atoms with E-state index in [1.165, 1.54) is 0 Å². The fraction of sp³-hybridized carbons (Fsp3) is 0.438. The Bertz CT molecular complexity index is 743. The van der Waals surface area contributed by atoms with E-state index in [9.17, 15) is 23.2 Å². The molecule has 23 heavy (non-hydrogen) atoms. The van der Waals surface area contributed by atoms with E-state index in [1.54, 1.807) is 0 Å². The molecule has 4 aliphatic rings. The van der Waals surface area contributed by atoms with Crippen molar-refractivity contribution in [1.29, 1.82) is 0 Å². The minimum absolute atomic E-state index is 0.0118. The number of imide groups is 1. The number of fused-ring (bicyclic) bond motifs is 2. The Morgan fingerprint density at radius 2 is 1.61 bits per heavy atom. The van der Waals surface area contributed by atoms with Gasteiger partial charge in [-0.3, -0.25) is 14.4 Å². The third kappa shape index (κ3) is 1.95. The molecular weight excluding hydrogens is 372 g/mol. The Balaban J connectivity index is 1.82. The lowest BCUT2D eigenvalue weighted by atomic mass is 9.59. The molecule has 1 saturated heterocycles. The minimum Gasteiger partial charge on any atom is -0.299 e. The normalized spacial score (nSPS) is 32.7. The highest BCUT2D eigenvalue weighted by Gasteiger charge is 2.61. The molecule has 1 aromatic rings. The van der Waals surface area contributed by atoms with Gasteiger partial charge in [0, 0.05) is 16.8 Å². The lowest BCUT2D eigenvalue weighted by Gasteiger charge is -2.41. The summed E-state index contributed by atoms with van der Waals surface area (Å²) in [7, 11) is 0. The second-order valence-electron chi connectivity index (χ2n) is 6.40. The van der Waals surface area contributed by atoms with Crippen LogP contribution in [0.5, 0.6) is 0 Å². The Kier molecular flexibility index (Phi) is 3.20. The van der Waals surface area contributed by atoms with Gasteiger partial charge in [-0.15, -0.1) is 0 Å². The average Bonchev–Trinajstić information content (AvgIpc) is 2.74. The van der Waals surface area contributed by atoms with Gasteiger partial charge in [0.1, 0.15) is 11.5 Å². The molecule has 120 valence electrons. The van der Waals surface area contributed by atoms with Crippen molar-refractivity contribution in [3.05, 3.63) is 28.2 Å². The highest BCUT2D eigenvalue weighted by atomic mass is 79.9. The molecule has 0 radical (unpaired) electrons. The van der Waals surface area contributed by atoms with E-state index < -0.39 is 46.9 Å². The maximum Gasteiger partial charge on any atom is 0.238 e. The molecule has 1 heterocycles. The highest BCUT2D eigenvalue weighted by molar-refractivity contribution is 9.10. The van der Waals surface area contributed by atoms with E-state index in [0.29, 0.717) is 17.7 Å². The van der Waals surface area contributed by atoms with Gasteiger partial charge in [-0.05, 0) is 30.9 Å². The standard InChI is InChI=1S/C16H12BrF2NO3/c17-7-4-9(18)14(10(19)5-7)20-15(22)12-6-1-2-8(11(21)3-6)13(12)16(20)23/h4-6,8,12-13H,1-3H2/t6-,8+,12+,13-/m0/s1. The maximum absolute atomic E-state index is 14.2. The zero-order valence-electron chi connectivity index (χ0n) is 11.9. The molecule has 5 rings (SSSR count). The van der Waals surface area contributed by atoms with Crippen molar-refractivity contribution in [3.8, 4) is 0 Å². The summed E-state index contributed by atoms with van der Waals surface area (Å²) in [5, 5.41) is 0. The van der Waals surface area contributed by atoms with Crippen LogP contribution in [0.15, 0.2) is 16.6 Å². The number of ketones is 1. The van der Waals surface area contributed by atoms with Crippen molar-refractivity contribution in [2.24, 2.45) is 23.7 Å². The van der Waals surface area contributed by atoms with Gasteiger partial charge in [-0.25, -0.2) is 13.7 Å². The largest absolute Gasteiger partial charge is 0.299 e. The van der Waals surface area contributed by atoms with Crippen LogP contribution < -0.4 is 4.90 Å². The van der Waals surface area contributed by atoms with Crippen molar-refractivity contribution in [2.45, 2.75) is 19.3 Å². The van der Waals surface area contributed by atoms with E-state index in [4.69, 9.17) is 0 Å². The summed E-state index contributed by atoms with van der Waals surface area (Å²) in [5.41, 5.74) is -0.635. The molecular formula is C16H12BrF2NO3. The summed E-state index contributed by atoms with van der Waals surface area (Å²) in [4.78, 5) is 38.0. The number of halogens is 3. The van der Waals surface area contributed by atoms with Gasteiger partial charge in [-0.1, -0.05) is 15.9 Å². The molecule has 4 nitrogen and oxygen atoms in total. The van der Waals surface area contributed by atoms with E-state index in [0.717, 1.165) is 12.1 Å². The molecule has 1 aliphatic heterocycles. The number of Topliss-reactive ketones (excluding diaryl/α,β-unsaturated/α-hetero) is 1. The molecule has 3 aliphatic carbocycles. The predicted molar refractivity (Wildman–Crippen MR) is 79.4 cm³/mol. The van der Waals surface area contributed by atoms with Gasteiger partial charge in [0.25, 0.3) is 0 Å². The van der Waals surface area contributed by atoms with Crippen LogP contribution in [0, 0.1) is 35.3 Å². The number of benzene rings is 1. The van der Waals surface area contributed by atoms with Gasteiger partial charge in [0.15, 0.2) is 11.6 Å². The van der Waals surface area contributed by atoms with Gasteiger partial charge in [-0.2, -0.15) is 0 Å². The van der Waals surface area contributed by atoms with Gasteiger partial charge in [0.05, 0.1) is 11.8 Å². The molecule has 0 spiro atoms. The first kappa shape index (κ1) is 14.9. The van der Waals surface area contributed by atoms with Crippen LogP contribution in [0.2, 0.25) is 0 Å². The Labute approximate surface area is 139 Å². The van der Waals surface area contributed by atoms with E-state index >= 15 is 0 Å². The van der Waals surface area contributed by atoms with E-state index in [1.807, 2.05) is 0 Å². The summed E-state index contributed by atoms with van der Waals surface area (Å²) in [5.74, 6) is -5.26. The van der Waals surface area contributed by atoms with Crippen molar-refractivity contribution < 1.29 is 23.2 Å². The molecule has 2 amide bonds. The highest BCUT2D eigenvalue weighted by Crippen LogP contribution is 2.52. The van der Waals surface area contributed by atoms with Crippen LogP contribution in [0.25, 0.3) is 0 Å². The SMILES string of the molecule is O=C1C[C@@H]2CC[C@H]1[C@@H]1C(=O)N(c3c(F)cc(Br)cc3F)C(=O)[C@H]21.